The molecule has 4 heteroatoms. The Labute approximate surface area is 111 Å². The number of hydrogen-bond donors (Lipinski definition) is 1. The van der Waals surface area contributed by atoms with Gasteiger partial charge in [-0.1, -0.05) is 25.7 Å². The van der Waals surface area contributed by atoms with E-state index in [-0.39, 0.29) is 5.91 Å². The van der Waals surface area contributed by atoms with E-state index in [9.17, 15) is 4.79 Å². The number of nitrogens with zero attached hydrogens (tertiary/aromatic N) is 1. The SMILES string of the molecule is COCCCNC(=O)CN(C)C1CCCCCC1. The van der Waals surface area contributed by atoms with Gasteiger partial charge in [0.05, 0.1) is 6.54 Å². The zero-order valence-corrected chi connectivity index (χ0v) is 11.9. The van der Waals surface area contributed by atoms with E-state index in [0.29, 0.717) is 25.7 Å². The highest BCUT2D eigenvalue weighted by molar-refractivity contribution is 5.77. The molecule has 106 valence electrons. The third-order valence-electron chi connectivity index (χ3n) is 3.69. The summed E-state index contributed by atoms with van der Waals surface area (Å²) in [7, 11) is 3.76. The number of carbonyl (C=O) groups excluding carboxylic acids is 1. The van der Waals surface area contributed by atoms with Gasteiger partial charge < -0.3 is 10.1 Å². The molecule has 0 spiro atoms. The van der Waals surface area contributed by atoms with Crippen molar-refractivity contribution in [3.8, 4) is 0 Å². The Bertz CT molecular complexity index is 226. The average molecular weight is 256 g/mol. The highest BCUT2D eigenvalue weighted by atomic mass is 16.5. The van der Waals surface area contributed by atoms with Crippen molar-refractivity contribution >= 4 is 5.91 Å². The molecule has 1 saturated carbocycles. The van der Waals surface area contributed by atoms with Gasteiger partial charge in [0.2, 0.25) is 5.91 Å². The number of rotatable bonds is 7. The van der Waals surface area contributed by atoms with Gasteiger partial charge in [-0.15, -0.1) is 0 Å². The van der Waals surface area contributed by atoms with Gasteiger partial charge in [0.15, 0.2) is 0 Å². The van der Waals surface area contributed by atoms with Crippen molar-refractivity contribution in [2.24, 2.45) is 0 Å². The molecule has 0 saturated heterocycles. The van der Waals surface area contributed by atoms with Gasteiger partial charge in [-0.05, 0) is 26.3 Å². The highest BCUT2D eigenvalue weighted by Crippen LogP contribution is 2.20. The molecule has 0 aromatic carbocycles. The quantitative estimate of drug-likeness (QED) is 0.558. The number of carbonyl (C=O) groups is 1. The van der Waals surface area contributed by atoms with E-state index in [1.807, 2.05) is 0 Å². The predicted molar refractivity (Wildman–Crippen MR) is 73.6 cm³/mol. The molecule has 1 rings (SSSR count). The number of hydrogen-bond acceptors (Lipinski definition) is 3. The van der Waals surface area contributed by atoms with Crippen molar-refractivity contribution in [2.75, 3.05) is 33.9 Å². The van der Waals surface area contributed by atoms with Gasteiger partial charge in [0.25, 0.3) is 0 Å². The topological polar surface area (TPSA) is 41.6 Å². The summed E-state index contributed by atoms with van der Waals surface area (Å²) in [5, 5.41) is 2.94. The fourth-order valence-electron chi connectivity index (χ4n) is 2.55. The molecule has 18 heavy (non-hydrogen) atoms. The van der Waals surface area contributed by atoms with Crippen molar-refractivity contribution in [1.29, 1.82) is 0 Å². The largest absolute Gasteiger partial charge is 0.385 e. The van der Waals surface area contributed by atoms with Crippen molar-refractivity contribution in [3.63, 3.8) is 0 Å². The molecule has 1 aliphatic carbocycles. The van der Waals surface area contributed by atoms with Crippen LogP contribution in [0.25, 0.3) is 0 Å². The van der Waals surface area contributed by atoms with Gasteiger partial charge >= 0.3 is 0 Å². The van der Waals surface area contributed by atoms with E-state index < -0.39 is 0 Å². The first-order valence-electron chi connectivity index (χ1n) is 7.20. The first kappa shape index (κ1) is 15.4. The molecule has 0 unspecified atom stereocenters. The summed E-state index contributed by atoms with van der Waals surface area (Å²) in [6, 6.07) is 0.595. The van der Waals surface area contributed by atoms with E-state index in [2.05, 4.69) is 17.3 Å². The normalized spacial score (nSPS) is 17.7. The van der Waals surface area contributed by atoms with Crippen LogP contribution >= 0.6 is 0 Å². The summed E-state index contributed by atoms with van der Waals surface area (Å²) >= 11 is 0. The first-order chi connectivity index (χ1) is 8.74. The molecule has 0 atom stereocenters. The second kappa shape index (κ2) is 9.34. The third kappa shape index (κ3) is 6.36. The van der Waals surface area contributed by atoms with E-state index in [1.54, 1.807) is 7.11 Å². The maximum atomic E-state index is 11.8. The molecule has 0 radical (unpaired) electrons. The molecule has 0 heterocycles. The Morgan fingerprint density at radius 2 is 1.94 bits per heavy atom. The standard InChI is InChI=1S/C14H28N2O2/c1-16(13-8-5-3-4-6-9-13)12-14(17)15-10-7-11-18-2/h13H,3-12H2,1-2H3,(H,15,17). The van der Waals surface area contributed by atoms with E-state index in [4.69, 9.17) is 4.74 Å². The Hall–Kier alpha value is -0.610. The van der Waals surface area contributed by atoms with Crippen LogP contribution in [0.3, 0.4) is 0 Å². The molecule has 4 nitrogen and oxygen atoms in total. The summed E-state index contributed by atoms with van der Waals surface area (Å²) < 4.78 is 4.95. The Balaban J connectivity index is 2.16. The lowest BCUT2D eigenvalue weighted by Gasteiger charge is -2.26. The van der Waals surface area contributed by atoms with Crippen LogP contribution in [0.4, 0.5) is 0 Å². The minimum Gasteiger partial charge on any atom is -0.385 e. The molecule has 1 fully saturated rings. The van der Waals surface area contributed by atoms with Crippen molar-refractivity contribution in [3.05, 3.63) is 0 Å². The molecule has 0 bridgehead atoms. The van der Waals surface area contributed by atoms with Gasteiger partial charge in [0, 0.05) is 26.3 Å². The van der Waals surface area contributed by atoms with E-state index in [0.717, 1.165) is 6.42 Å². The second-order valence-corrected chi connectivity index (χ2v) is 5.26. The minimum absolute atomic E-state index is 0.137. The van der Waals surface area contributed by atoms with Crippen molar-refractivity contribution < 1.29 is 9.53 Å². The number of methoxy groups -OCH3 is 1. The van der Waals surface area contributed by atoms with Gasteiger partial charge in [0.1, 0.15) is 0 Å². The lowest BCUT2D eigenvalue weighted by Crippen LogP contribution is -2.40. The monoisotopic (exact) mass is 256 g/mol. The smallest absolute Gasteiger partial charge is 0.234 e. The van der Waals surface area contributed by atoms with Gasteiger partial charge in [-0.25, -0.2) is 0 Å². The van der Waals surface area contributed by atoms with E-state index in [1.165, 1.54) is 38.5 Å². The zero-order chi connectivity index (χ0) is 13.2. The van der Waals surface area contributed by atoms with Crippen LogP contribution in [0.2, 0.25) is 0 Å². The predicted octanol–water partition coefficient (Wildman–Crippen LogP) is 1.79. The van der Waals surface area contributed by atoms with Gasteiger partial charge in [-0.3, -0.25) is 9.69 Å². The molecular formula is C14H28N2O2. The highest BCUT2D eigenvalue weighted by Gasteiger charge is 2.18. The van der Waals surface area contributed by atoms with Crippen LogP contribution in [0.5, 0.6) is 0 Å². The summed E-state index contributed by atoms with van der Waals surface area (Å²) in [5.41, 5.74) is 0. The maximum Gasteiger partial charge on any atom is 0.234 e. The average Bonchev–Trinajstić information content (AvgIpc) is 2.63. The molecular weight excluding hydrogens is 228 g/mol. The molecule has 0 aliphatic heterocycles. The molecule has 0 aromatic rings. The Morgan fingerprint density at radius 3 is 2.56 bits per heavy atom. The lowest BCUT2D eigenvalue weighted by atomic mass is 10.1. The number of likely N-dealkylation sites (N-methyl/N-ethyl adjacent to an activating group) is 1. The molecule has 1 aliphatic rings. The van der Waals surface area contributed by atoms with Crippen molar-refractivity contribution in [2.45, 2.75) is 51.0 Å². The molecule has 1 N–H and O–H groups in total. The number of ether oxygens (including phenoxy) is 1. The van der Waals surface area contributed by atoms with Crippen LogP contribution in [-0.2, 0) is 9.53 Å². The first-order valence-corrected chi connectivity index (χ1v) is 7.20. The van der Waals surface area contributed by atoms with Crippen LogP contribution in [0.15, 0.2) is 0 Å². The summed E-state index contributed by atoms with van der Waals surface area (Å²) in [5.74, 6) is 0.137. The van der Waals surface area contributed by atoms with Crippen LogP contribution in [0, 0.1) is 0 Å². The molecule has 0 aromatic heterocycles. The van der Waals surface area contributed by atoms with Crippen molar-refractivity contribution in [1.82, 2.24) is 10.2 Å². The minimum atomic E-state index is 0.137. The second-order valence-electron chi connectivity index (χ2n) is 5.26. The number of amides is 1. The van der Waals surface area contributed by atoms with Crippen LogP contribution in [-0.4, -0.2) is 50.7 Å². The maximum absolute atomic E-state index is 11.8. The number of nitrogens with one attached hydrogen (secondary N) is 1. The lowest BCUT2D eigenvalue weighted by molar-refractivity contribution is -0.122. The fourth-order valence-corrected chi connectivity index (χ4v) is 2.55. The summed E-state index contributed by atoms with van der Waals surface area (Å²) in [6.07, 6.45) is 8.70. The Kier molecular flexibility index (Phi) is 8.01. The van der Waals surface area contributed by atoms with E-state index >= 15 is 0 Å². The zero-order valence-electron chi connectivity index (χ0n) is 11.9. The third-order valence-corrected chi connectivity index (χ3v) is 3.69. The van der Waals surface area contributed by atoms with Gasteiger partial charge in [-0.2, -0.15) is 0 Å². The Morgan fingerprint density at radius 1 is 1.28 bits per heavy atom. The van der Waals surface area contributed by atoms with Crippen LogP contribution < -0.4 is 5.32 Å². The molecule has 1 amide bonds. The van der Waals surface area contributed by atoms with Crippen LogP contribution in [0.1, 0.15) is 44.9 Å². The summed E-state index contributed by atoms with van der Waals surface area (Å²) in [6.45, 7) is 1.95. The summed E-state index contributed by atoms with van der Waals surface area (Å²) in [4.78, 5) is 14.0. The fraction of sp³-hybridized carbons (Fsp3) is 0.929.